The number of fused-ring (bicyclic) bond motifs is 5. The third-order valence-corrected chi connectivity index (χ3v) is 7.77. The molecule has 2 unspecified atom stereocenters. The van der Waals surface area contributed by atoms with Crippen LogP contribution >= 0.6 is 0 Å². The smallest absolute Gasteiger partial charge is 0.410 e. The molecule has 0 N–H and O–H groups in total. The number of amides is 1. The molecular formula is C28H31NO3. The third kappa shape index (κ3) is 3.46. The molecule has 4 nitrogen and oxygen atoms in total. The Hall–Kier alpha value is -2.88. The van der Waals surface area contributed by atoms with Crippen LogP contribution in [0, 0.1) is 5.92 Å². The van der Waals surface area contributed by atoms with E-state index in [0.717, 1.165) is 36.8 Å². The molecule has 5 rings (SSSR count). The van der Waals surface area contributed by atoms with Gasteiger partial charge in [0.1, 0.15) is 6.61 Å². The molecule has 2 aromatic carbocycles. The highest BCUT2D eigenvalue weighted by atomic mass is 16.6. The van der Waals surface area contributed by atoms with Crippen molar-refractivity contribution in [2.24, 2.45) is 5.92 Å². The Morgan fingerprint density at radius 1 is 0.875 bits per heavy atom. The van der Waals surface area contributed by atoms with Gasteiger partial charge >= 0.3 is 6.09 Å². The summed E-state index contributed by atoms with van der Waals surface area (Å²) < 4.78 is 5.93. The Kier molecular flexibility index (Phi) is 5.40. The second-order valence-electron chi connectivity index (χ2n) is 9.75. The van der Waals surface area contributed by atoms with Crippen molar-refractivity contribution in [3.8, 4) is 11.1 Å². The van der Waals surface area contributed by atoms with Crippen LogP contribution in [-0.2, 0) is 9.53 Å². The van der Waals surface area contributed by atoms with Gasteiger partial charge in [0, 0.05) is 23.9 Å². The van der Waals surface area contributed by atoms with Crippen LogP contribution in [0.5, 0.6) is 0 Å². The molecule has 3 aliphatic rings. The fourth-order valence-corrected chi connectivity index (χ4v) is 5.91. The highest BCUT2D eigenvalue weighted by molar-refractivity contribution is 5.97. The maximum Gasteiger partial charge on any atom is 0.410 e. The highest BCUT2D eigenvalue weighted by Crippen LogP contribution is 2.45. The van der Waals surface area contributed by atoms with Crippen molar-refractivity contribution in [3.63, 3.8) is 0 Å². The second kappa shape index (κ2) is 8.23. The largest absolute Gasteiger partial charge is 0.448 e. The normalized spacial score (nSPS) is 23.5. The van der Waals surface area contributed by atoms with E-state index < -0.39 is 0 Å². The lowest BCUT2D eigenvalue weighted by Gasteiger charge is -2.38. The number of piperidine rings is 1. The zero-order valence-electron chi connectivity index (χ0n) is 19.1. The van der Waals surface area contributed by atoms with E-state index in [1.807, 2.05) is 25.7 Å². The summed E-state index contributed by atoms with van der Waals surface area (Å²) in [6, 6.07) is 17.0. The Balaban J connectivity index is 1.28. The van der Waals surface area contributed by atoms with Crippen LogP contribution in [0.3, 0.4) is 0 Å². The fraction of sp³-hybridized carbons (Fsp3) is 0.429. The van der Waals surface area contributed by atoms with Crippen molar-refractivity contribution in [3.05, 3.63) is 70.8 Å². The van der Waals surface area contributed by atoms with Crippen molar-refractivity contribution < 1.29 is 14.3 Å². The van der Waals surface area contributed by atoms with Crippen LogP contribution in [0.2, 0.25) is 0 Å². The first kappa shape index (κ1) is 21.0. The summed E-state index contributed by atoms with van der Waals surface area (Å²) in [6.45, 7) is 6.26. The maximum atomic E-state index is 13.2. The fourth-order valence-electron chi connectivity index (χ4n) is 5.91. The van der Waals surface area contributed by atoms with Gasteiger partial charge in [0.05, 0.1) is 0 Å². The number of nitrogens with zero attached hydrogens (tertiary/aromatic N) is 1. The molecule has 2 aliphatic heterocycles. The van der Waals surface area contributed by atoms with Gasteiger partial charge in [-0.1, -0.05) is 54.1 Å². The third-order valence-electron chi connectivity index (χ3n) is 7.77. The van der Waals surface area contributed by atoms with Crippen LogP contribution < -0.4 is 0 Å². The lowest BCUT2D eigenvalue weighted by Crippen LogP contribution is -2.48. The first-order valence-corrected chi connectivity index (χ1v) is 11.8. The number of rotatable bonds is 4. The van der Waals surface area contributed by atoms with Crippen molar-refractivity contribution in [1.29, 1.82) is 0 Å². The topological polar surface area (TPSA) is 46.6 Å². The molecule has 1 amide bonds. The van der Waals surface area contributed by atoms with E-state index in [1.54, 1.807) is 0 Å². The van der Waals surface area contributed by atoms with Crippen molar-refractivity contribution >= 4 is 11.9 Å². The van der Waals surface area contributed by atoms with Gasteiger partial charge in [0.15, 0.2) is 5.78 Å². The van der Waals surface area contributed by atoms with E-state index in [1.165, 1.54) is 22.3 Å². The second-order valence-corrected chi connectivity index (χ2v) is 9.75. The lowest BCUT2D eigenvalue weighted by atomic mass is 9.84. The molecule has 2 heterocycles. The minimum Gasteiger partial charge on any atom is -0.448 e. The molecule has 0 saturated carbocycles. The number of carbonyl (C=O) groups is 2. The minimum absolute atomic E-state index is 0.0278. The molecule has 2 aromatic rings. The highest BCUT2D eigenvalue weighted by Gasteiger charge is 2.46. The Morgan fingerprint density at radius 2 is 1.41 bits per heavy atom. The van der Waals surface area contributed by atoms with Crippen molar-refractivity contribution in [1.82, 2.24) is 4.90 Å². The molecule has 32 heavy (non-hydrogen) atoms. The summed E-state index contributed by atoms with van der Waals surface area (Å²) in [7, 11) is 0. The molecular weight excluding hydrogens is 398 g/mol. The number of ether oxygens (including phenoxy) is 1. The quantitative estimate of drug-likeness (QED) is 0.551. The summed E-state index contributed by atoms with van der Waals surface area (Å²) in [6.07, 6.45) is 3.22. The number of benzene rings is 2. The minimum atomic E-state index is -0.218. The van der Waals surface area contributed by atoms with Gasteiger partial charge in [-0.2, -0.15) is 0 Å². The average molecular weight is 430 g/mol. The molecule has 2 saturated heterocycles. The summed E-state index contributed by atoms with van der Waals surface area (Å²) in [5.74, 6) is 0.359. The Bertz CT molecular complexity index is 1040. The van der Waals surface area contributed by atoms with Gasteiger partial charge < -0.3 is 9.64 Å². The van der Waals surface area contributed by atoms with E-state index in [-0.39, 0.29) is 35.8 Å². The average Bonchev–Trinajstić information content (AvgIpc) is 3.27. The number of ketones is 1. The standard InChI is InChI=1S/C28H31NO3/c1-17(2)18(3)27(30)19-14-20-12-13-21(15-19)29(20)28(31)32-16-26-24-10-6-4-8-22(24)23-9-5-7-11-25(23)26/h4-11,19-21,26H,12-16H2,1-3H3. The van der Waals surface area contributed by atoms with Crippen molar-refractivity contribution in [2.75, 3.05) is 6.61 Å². The molecule has 2 atom stereocenters. The van der Waals surface area contributed by atoms with Gasteiger partial charge in [0.2, 0.25) is 0 Å². The summed E-state index contributed by atoms with van der Waals surface area (Å²) in [5.41, 5.74) is 6.89. The van der Waals surface area contributed by atoms with Crippen LogP contribution in [-0.4, -0.2) is 35.5 Å². The molecule has 2 fully saturated rings. The number of hydrogen-bond acceptors (Lipinski definition) is 3. The molecule has 2 bridgehead atoms. The monoisotopic (exact) mass is 429 g/mol. The number of allylic oxidation sites excluding steroid dienone is 2. The first-order valence-electron chi connectivity index (χ1n) is 11.8. The zero-order chi connectivity index (χ0) is 22.4. The Labute approximate surface area is 190 Å². The Morgan fingerprint density at radius 3 is 1.94 bits per heavy atom. The number of Topliss-reactive ketones (excluding diaryl/α,β-unsaturated/α-hetero) is 1. The molecule has 0 radical (unpaired) electrons. The molecule has 0 spiro atoms. The molecule has 1 aliphatic carbocycles. The van der Waals surface area contributed by atoms with Gasteiger partial charge in [0.25, 0.3) is 0 Å². The first-order chi connectivity index (χ1) is 15.5. The van der Waals surface area contributed by atoms with Crippen LogP contribution in [0.1, 0.15) is 63.5 Å². The number of hydrogen-bond donors (Lipinski definition) is 0. The zero-order valence-corrected chi connectivity index (χ0v) is 19.1. The van der Waals surface area contributed by atoms with Gasteiger partial charge in [-0.15, -0.1) is 0 Å². The molecule has 4 heteroatoms. The maximum absolute atomic E-state index is 13.2. The van der Waals surface area contributed by atoms with Gasteiger partial charge in [-0.3, -0.25) is 4.79 Å². The SMILES string of the molecule is CC(C)=C(C)C(=O)C1CC2CCC(C1)N2C(=O)OCC1c2ccccc2-c2ccccc21. The van der Waals surface area contributed by atoms with E-state index in [4.69, 9.17) is 4.74 Å². The van der Waals surface area contributed by atoms with E-state index in [0.29, 0.717) is 6.61 Å². The van der Waals surface area contributed by atoms with Crippen LogP contribution in [0.25, 0.3) is 11.1 Å². The summed E-state index contributed by atoms with van der Waals surface area (Å²) in [4.78, 5) is 28.0. The van der Waals surface area contributed by atoms with E-state index in [9.17, 15) is 9.59 Å². The summed E-state index contributed by atoms with van der Waals surface area (Å²) >= 11 is 0. The molecule has 166 valence electrons. The van der Waals surface area contributed by atoms with E-state index >= 15 is 0 Å². The molecule has 0 aromatic heterocycles. The van der Waals surface area contributed by atoms with E-state index in [2.05, 4.69) is 48.5 Å². The van der Waals surface area contributed by atoms with Crippen LogP contribution in [0.4, 0.5) is 4.79 Å². The lowest BCUT2D eigenvalue weighted by molar-refractivity contribution is -0.121. The van der Waals surface area contributed by atoms with Gasteiger partial charge in [-0.25, -0.2) is 4.79 Å². The predicted octanol–water partition coefficient (Wildman–Crippen LogP) is 6.10. The van der Waals surface area contributed by atoms with Crippen molar-refractivity contribution in [2.45, 2.75) is 64.5 Å². The van der Waals surface area contributed by atoms with Gasteiger partial charge in [-0.05, 0) is 74.3 Å². The number of carbonyl (C=O) groups excluding carboxylic acids is 2. The summed E-state index contributed by atoms with van der Waals surface area (Å²) in [5, 5.41) is 0. The predicted molar refractivity (Wildman–Crippen MR) is 125 cm³/mol. The van der Waals surface area contributed by atoms with Crippen LogP contribution in [0.15, 0.2) is 59.7 Å².